The number of benzene rings is 1. The minimum atomic E-state index is 0.414. The van der Waals surface area contributed by atoms with E-state index >= 15 is 0 Å². The maximum Gasteiger partial charge on any atom is 0.168 e. The van der Waals surface area contributed by atoms with Crippen LogP contribution in [0, 0.1) is 5.92 Å². The molecule has 4 rings (SSSR count). The summed E-state index contributed by atoms with van der Waals surface area (Å²) in [5.41, 5.74) is 8.36. The van der Waals surface area contributed by atoms with Crippen LogP contribution < -0.4 is 16.2 Å². The summed E-state index contributed by atoms with van der Waals surface area (Å²) < 4.78 is 1.84. The first kappa shape index (κ1) is 15.0. The molecule has 0 saturated carbocycles. The van der Waals surface area contributed by atoms with Crippen LogP contribution in [-0.2, 0) is 0 Å². The summed E-state index contributed by atoms with van der Waals surface area (Å²) in [4.78, 5) is 8.82. The van der Waals surface area contributed by atoms with Crippen molar-refractivity contribution in [1.29, 1.82) is 0 Å². The van der Waals surface area contributed by atoms with Crippen LogP contribution in [0.15, 0.2) is 42.9 Å². The molecule has 24 heavy (non-hydrogen) atoms. The predicted molar refractivity (Wildman–Crippen MR) is 93.8 cm³/mol. The molecule has 3 heterocycles. The van der Waals surface area contributed by atoms with Crippen LogP contribution in [0.3, 0.4) is 0 Å². The molecule has 1 aliphatic heterocycles. The molecule has 0 aliphatic carbocycles. The molecule has 2 atom stereocenters. The van der Waals surface area contributed by atoms with E-state index in [0.717, 1.165) is 29.1 Å². The van der Waals surface area contributed by atoms with Crippen LogP contribution in [0.4, 0.5) is 5.82 Å². The third-order valence-electron chi connectivity index (χ3n) is 4.69. The van der Waals surface area contributed by atoms with Gasteiger partial charge < -0.3 is 5.32 Å². The largest absolute Gasteiger partial charge is 0.369 e. The van der Waals surface area contributed by atoms with Crippen molar-refractivity contribution >= 4 is 16.9 Å². The molecule has 1 saturated heterocycles. The molecule has 1 aliphatic rings. The van der Waals surface area contributed by atoms with Gasteiger partial charge in [-0.25, -0.2) is 14.6 Å². The first-order valence-electron chi connectivity index (χ1n) is 8.23. The molecule has 7 nitrogen and oxygen atoms in total. The Kier molecular flexibility index (Phi) is 3.87. The fourth-order valence-electron chi connectivity index (χ4n) is 3.22. The van der Waals surface area contributed by atoms with E-state index in [1.165, 1.54) is 0 Å². The Bertz CT molecular complexity index is 819. The van der Waals surface area contributed by atoms with Gasteiger partial charge in [0.25, 0.3) is 0 Å². The van der Waals surface area contributed by atoms with E-state index in [4.69, 9.17) is 0 Å². The third kappa shape index (κ3) is 2.61. The minimum absolute atomic E-state index is 0.414. The molecule has 0 spiro atoms. The molecule has 1 aromatic carbocycles. The first-order valence-corrected chi connectivity index (χ1v) is 8.23. The van der Waals surface area contributed by atoms with Crippen molar-refractivity contribution in [3.63, 3.8) is 0 Å². The van der Waals surface area contributed by atoms with Gasteiger partial charge in [0.15, 0.2) is 5.65 Å². The number of hydrogen-bond acceptors (Lipinski definition) is 6. The Morgan fingerprint density at radius 2 is 1.83 bits per heavy atom. The number of rotatable bonds is 4. The van der Waals surface area contributed by atoms with Crippen molar-refractivity contribution in [2.75, 3.05) is 11.9 Å². The van der Waals surface area contributed by atoms with Crippen LogP contribution in [0.25, 0.3) is 16.7 Å². The maximum atomic E-state index is 4.49. The number of hydrazine groups is 1. The molecule has 2 unspecified atom stereocenters. The highest BCUT2D eigenvalue weighted by atomic mass is 15.4. The minimum Gasteiger partial charge on any atom is -0.369 e. The first-order chi connectivity index (χ1) is 11.7. The molecule has 3 aromatic rings. The number of anilines is 1. The summed E-state index contributed by atoms with van der Waals surface area (Å²) in [6.07, 6.45) is 3.41. The molecule has 3 N–H and O–H groups in total. The van der Waals surface area contributed by atoms with E-state index < -0.39 is 0 Å². The normalized spacial score (nSPS) is 23.7. The summed E-state index contributed by atoms with van der Waals surface area (Å²) in [5.74, 6) is 1.31. The Balaban J connectivity index is 1.62. The Morgan fingerprint density at radius 1 is 1.08 bits per heavy atom. The molecule has 0 bridgehead atoms. The highest BCUT2D eigenvalue weighted by molar-refractivity contribution is 5.87. The van der Waals surface area contributed by atoms with Gasteiger partial charge in [0, 0.05) is 24.5 Å². The van der Waals surface area contributed by atoms with Gasteiger partial charge in [0.05, 0.1) is 17.3 Å². The second kappa shape index (κ2) is 6.18. The second-order valence-corrected chi connectivity index (χ2v) is 6.26. The maximum absolute atomic E-state index is 4.49. The van der Waals surface area contributed by atoms with Gasteiger partial charge in [-0.1, -0.05) is 18.2 Å². The van der Waals surface area contributed by atoms with Gasteiger partial charge in [-0.3, -0.25) is 10.9 Å². The predicted octanol–water partition coefficient (Wildman–Crippen LogP) is 1.73. The van der Waals surface area contributed by atoms with Crippen LogP contribution in [0.2, 0.25) is 0 Å². The van der Waals surface area contributed by atoms with Crippen LogP contribution >= 0.6 is 0 Å². The van der Waals surface area contributed by atoms with Crippen LogP contribution in [0.5, 0.6) is 0 Å². The SMILES string of the molecule is CC1NNC(C)C1CNc1ncnc2c1cnn2-c1ccccc1. The van der Waals surface area contributed by atoms with Gasteiger partial charge in [0.2, 0.25) is 0 Å². The smallest absolute Gasteiger partial charge is 0.168 e. The van der Waals surface area contributed by atoms with Crippen molar-refractivity contribution in [2.45, 2.75) is 25.9 Å². The number of hydrogen-bond donors (Lipinski definition) is 3. The fourth-order valence-corrected chi connectivity index (χ4v) is 3.22. The standard InChI is InChI=1S/C17H21N7/c1-11-14(12(2)23-22-11)8-18-16-15-9-21-24(17(15)20-10-19-16)13-6-4-3-5-7-13/h3-7,9-12,14,22-23H,8H2,1-2H3,(H,18,19,20). The number of fused-ring (bicyclic) bond motifs is 1. The van der Waals surface area contributed by atoms with Gasteiger partial charge in [-0.2, -0.15) is 5.10 Å². The zero-order chi connectivity index (χ0) is 16.5. The third-order valence-corrected chi connectivity index (χ3v) is 4.69. The number of para-hydroxylation sites is 1. The quantitative estimate of drug-likeness (QED) is 0.678. The Labute approximate surface area is 140 Å². The van der Waals surface area contributed by atoms with Crippen molar-refractivity contribution in [3.05, 3.63) is 42.9 Å². The Hall–Kier alpha value is -2.51. The van der Waals surface area contributed by atoms with Crippen molar-refractivity contribution in [2.24, 2.45) is 5.92 Å². The van der Waals surface area contributed by atoms with E-state index in [-0.39, 0.29) is 0 Å². The fraction of sp³-hybridized carbons (Fsp3) is 0.353. The topological polar surface area (TPSA) is 79.7 Å². The monoisotopic (exact) mass is 323 g/mol. The van der Waals surface area contributed by atoms with E-state index in [1.54, 1.807) is 6.33 Å². The highest BCUT2D eigenvalue weighted by Crippen LogP contribution is 2.23. The molecule has 7 heteroatoms. The highest BCUT2D eigenvalue weighted by Gasteiger charge is 2.29. The number of nitrogens with zero attached hydrogens (tertiary/aromatic N) is 4. The van der Waals surface area contributed by atoms with Gasteiger partial charge in [-0.05, 0) is 26.0 Å². The summed E-state index contributed by atoms with van der Waals surface area (Å²) >= 11 is 0. The summed E-state index contributed by atoms with van der Waals surface area (Å²) in [6.45, 7) is 5.21. The van der Waals surface area contributed by atoms with Gasteiger partial charge in [0.1, 0.15) is 12.1 Å². The summed E-state index contributed by atoms with van der Waals surface area (Å²) in [5, 5.41) is 8.89. The zero-order valence-electron chi connectivity index (χ0n) is 13.8. The average molecular weight is 323 g/mol. The zero-order valence-corrected chi connectivity index (χ0v) is 13.8. The van der Waals surface area contributed by atoms with E-state index in [2.05, 4.69) is 45.1 Å². The van der Waals surface area contributed by atoms with Crippen molar-refractivity contribution in [1.82, 2.24) is 30.6 Å². The lowest BCUT2D eigenvalue weighted by Crippen LogP contribution is -2.30. The van der Waals surface area contributed by atoms with Crippen LogP contribution in [-0.4, -0.2) is 38.4 Å². The van der Waals surface area contributed by atoms with Crippen molar-refractivity contribution in [3.8, 4) is 5.69 Å². The van der Waals surface area contributed by atoms with E-state index in [0.29, 0.717) is 18.0 Å². The average Bonchev–Trinajstić information content (AvgIpc) is 3.18. The van der Waals surface area contributed by atoms with Gasteiger partial charge in [-0.15, -0.1) is 0 Å². The lowest BCUT2D eigenvalue weighted by atomic mass is 9.97. The van der Waals surface area contributed by atoms with E-state index in [9.17, 15) is 0 Å². The second-order valence-electron chi connectivity index (χ2n) is 6.26. The molecular weight excluding hydrogens is 302 g/mol. The summed E-state index contributed by atoms with van der Waals surface area (Å²) in [6, 6.07) is 10.8. The lowest BCUT2D eigenvalue weighted by molar-refractivity contribution is 0.466. The Morgan fingerprint density at radius 3 is 2.58 bits per heavy atom. The number of nitrogens with one attached hydrogen (secondary N) is 3. The molecule has 124 valence electrons. The molecular formula is C17H21N7. The van der Waals surface area contributed by atoms with Gasteiger partial charge >= 0.3 is 0 Å². The molecule has 0 amide bonds. The molecule has 1 fully saturated rings. The summed E-state index contributed by atoms with van der Waals surface area (Å²) in [7, 11) is 0. The lowest BCUT2D eigenvalue weighted by Gasteiger charge is -2.18. The van der Waals surface area contributed by atoms with E-state index in [1.807, 2.05) is 41.2 Å². The molecule has 2 aromatic heterocycles. The van der Waals surface area contributed by atoms with Crippen LogP contribution in [0.1, 0.15) is 13.8 Å². The molecule has 0 radical (unpaired) electrons. The van der Waals surface area contributed by atoms with Crippen molar-refractivity contribution < 1.29 is 0 Å². The number of aromatic nitrogens is 4.